The summed E-state index contributed by atoms with van der Waals surface area (Å²) in [5, 5.41) is 17.5. The van der Waals surface area contributed by atoms with Gasteiger partial charge in [-0.1, -0.05) is 12.1 Å². The molecule has 14 N–H and O–H groups in total. The summed E-state index contributed by atoms with van der Waals surface area (Å²) in [5.41, 5.74) is 11.7. The molecule has 0 aromatic heterocycles. The smallest absolute Gasteiger partial charge is 0.394 e. The molecule has 11 heteroatoms. The molecule has 2 rings (SSSR count). The quantitative estimate of drug-likeness (QED) is 0.148. The first-order valence-electron chi connectivity index (χ1n) is 5.37. The summed E-state index contributed by atoms with van der Waals surface area (Å²) < 4.78 is 31.6. The van der Waals surface area contributed by atoms with Crippen molar-refractivity contribution in [2.75, 3.05) is 11.5 Å². The van der Waals surface area contributed by atoms with Crippen LogP contribution in [0.3, 0.4) is 0 Å². The number of rotatable bonds is 0. The first kappa shape index (κ1) is 25.4. The third kappa shape index (κ3) is 17.4. The first-order chi connectivity index (χ1) is 9.59. The Morgan fingerprint density at radius 2 is 1.17 bits per heavy atom. The molecule has 0 radical (unpaired) electrons. The average Bonchev–Trinajstić information content (AvgIpc) is 2.35. The van der Waals surface area contributed by atoms with E-state index in [1.807, 2.05) is 0 Å². The van der Waals surface area contributed by atoms with Gasteiger partial charge in [0.1, 0.15) is 11.5 Å². The van der Waals surface area contributed by atoms with Gasteiger partial charge < -0.3 is 34.0 Å². The predicted molar refractivity (Wildman–Crippen MR) is 89.3 cm³/mol. The number of phenols is 2. The highest BCUT2D eigenvalue weighted by molar-refractivity contribution is 7.79. The van der Waals surface area contributed by atoms with Crippen LogP contribution < -0.4 is 23.8 Å². The van der Waals surface area contributed by atoms with Crippen LogP contribution >= 0.6 is 0 Å². The number of phenolic OH excluding ortho intramolecular Hbond substituents is 2. The van der Waals surface area contributed by atoms with E-state index in [1.54, 1.807) is 48.5 Å². The summed E-state index contributed by atoms with van der Waals surface area (Å²) in [6, 6.07) is 13.1. The van der Waals surface area contributed by atoms with E-state index in [9.17, 15) is 0 Å². The van der Waals surface area contributed by atoms with E-state index in [0.717, 1.165) is 0 Å². The third-order valence-corrected chi connectivity index (χ3v) is 1.83. The van der Waals surface area contributed by atoms with Crippen LogP contribution in [-0.4, -0.2) is 27.7 Å². The fourth-order valence-corrected chi connectivity index (χ4v) is 0.962. The lowest BCUT2D eigenvalue weighted by atomic mass is 10.3. The molecule has 0 amide bonds. The zero-order chi connectivity index (χ0) is 16.5. The van der Waals surface area contributed by atoms with Crippen molar-refractivity contribution in [1.82, 2.24) is 12.3 Å². The average molecular weight is 350 g/mol. The van der Waals surface area contributed by atoms with Crippen molar-refractivity contribution in [2.45, 2.75) is 0 Å². The molecule has 10 nitrogen and oxygen atoms in total. The van der Waals surface area contributed by atoms with Crippen LogP contribution in [0.4, 0.5) is 11.4 Å². The molecule has 2 aromatic rings. The summed E-state index contributed by atoms with van der Waals surface area (Å²) in [6.07, 6.45) is 0. The molecule has 0 heterocycles. The van der Waals surface area contributed by atoms with Crippen LogP contribution in [-0.2, 0) is 10.4 Å². The highest BCUT2D eigenvalue weighted by atomic mass is 32.3. The number of hydrogen-bond donors (Lipinski definition) is 8. The van der Waals surface area contributed by atoms with E-state index in [2.05, 4.69) is 0 Å². The molecular formula is C12H22N4O6S. The molecule has 2 aromatic carbocycles. The third-order valence-electron chi connectivity index (χ3n) is 1.83. The van der Waals surface area contributed by atoms with Gasteiger partial charge in [0.15, 0.2) is 0 Å². The SMILES string of the molecule is N.N.Nc1ccc(O)cc1.Nc1ccccc1O.O=S(=O)(O)O. The fraction of sp³-hybridized carbons (Fsp3) is 0. The van der Waals surface area contributed by atoms with Gasteiger partial charge in [-0.3, -0.25) is 9.11 Å². The monoisotopic (exact) mass is 350 g/mol. The number of nitrogen functional groups attached to an aromatic ring is 2. The number of hydrogen-bond acceptors (Lipinski definition) is 8. The van der Waals surface area contributed by atoms with Crippen molar-refractivity contribution in [1.29, 1.82) is 0 Å². The van der Waals surface area contributed by atoms with Gasteiger partial charge in [0.2, 0.25) is 0 Å². The Morgan fingerprint density at radius 1 is 0.783 bits per heavy atom. The maximum absolute atomic E-state index is 8.79. The predicted octanol–water partition coefficient (Wildman–Crippen LogP) is 1.62. The molecule has 0 aliphatic heterocycles. The summed E-state index contributed by atoms with van der Waals surface area (Å²) in [4.78, 5) is 0. The van der Waals surface area contributed by atoms with Crippen LogP contribution in [0.1, 0.15) is 0 Å². The van der Waals surface area contributed by atoms with Gasteiger partial charge in [0, 0.05) is 5.69 Å². The zero-order valence-corrected chi connectivity index (χ0v) is 13.0. The standard InChI is InChI=1S/2C6H7NO.2H3N.H2O4S/c7-5-1-3-6(8)4-2-5;7-5-3-1-2-4-6(5)8;;;1-5(2,3)4/h2*1-4,8H,7H2;2*1H3;(H2,1,2,3,4). The lowest BCUT2D eigenvalue weighted by Gasteiger charge is -1.92. The van der Waals surface area contributed by atoms with Crippen LogP contribution in [0, 0.1) is 0 Å². The maximum atomic E-state index is 8.79. The van der Waals surface area contributed by atoms with Gasteiger partial charge in [-0.2, -0.15) is 8.42 Å². The van der Waals surface area contributed by atoms with Gasteiger partial charge in [0.25, 0.3) is 0 Å². The second-order valence-corrected chi connectivity index (χ2v) is 4.49. The summed E-state index contributed by atoms with van der Waals surface area (Å²) in [7, 11) is -4.67. The van der Waals surface area contributed by atoms with E-state index in [1.165, 1.54) is 0 Å². The molecule has 0 saturated heterocycles. The first-order valence-corrected chi connectivity index (χ1v) is 6.77. The molecule has 0 spiro atoms. The van der Waals surface area contributed by atoms with Crippen molar-refractivity contribution >= 4 is 21.8 Å². The Balaban J connectivity index is -0.000000258. The van der Waals surface area contributed by atoms with E-state index in [0.29, 0.717) is 11.4 Å². The van der Waals surface area contributed by atoms with Crippen LogP contribution in [0.25, 0.3) is 0 Å². The van der Waals surface area contributed by atoms with Crippen LogP contribution in [0.15, 0.2) is 48.5 Å². The molecule has 23 heavy (non-hydrogen) atoms. The number of aromatic hydroxyl groups is 2. The van der Waals surface area contributed by atoms with E-state index in [-0.39, 0.29) is 23.8 Å². The Hall–Kier alpha value is -2.57. The fourth-order valence-electron chi connectivity index (χ4n) is 0.962. The van der Waals surface area contributed by atoms with E-state index < -0.39 is 10.4 Å². The van der Waals surface area contributed by atoms with Crippen molar-refractivity contribution < 1.29 is 27.7 Å². The highest BCUT2D eigenvalue weighted by Gasteiger charge is 1.87. The Kier molecular flexibility index (Phi) is 13.3. The van der Waals surface area contributed by atoms with Gasteiger partial charge in [-0.25, -0.2) is 0 Å². The molecular weight excluding hydrogens is 328 g/mol. The molecule has 132 valence electrons. The van der Waals surface area contributed by atoms with Crippen molar-refractivity contribution in [2.24, 2.45) is 0 Å². The van der Waals surface area contributed by atoms with Crippen LogP contribution in [0.2, 0.25) is 0 Å². The topological polar surface area (TPSA) is 237 Å². The van der Waals surface area contributed by atoms with E-state index >= 15 is 0 Å². The Bertz CT molecular complexity index is 599. The minimum Gasteiger partial charge on any atom is -0.508 e. The molecule has 0 saturated carbocycles. The van der Waals surface area contributed by atoms with Gasteiger partial charge >= 0.3 is 10.4 Å². The lowest BCUT2D eigenvalue weighted by molar-refractivity contribution is 0.381. The number of anilines is 2. The largest absolute Gasteiger partial charge is 0.508 e. The molecule has 0 aliphatic rings. The molecule has 0 unspecified atom stereocenters. The van der Waals surface area contributed by atoms with Gasteiger partial charge in [0.05, 0.1) is 5.69 Å². The molecule has 0 aliphatic carbocycles. The summed E-state index contributed by atoms with van der Waals surface area (Å²) >= 11 is 0. The lowest BCUT2D eigenvalue weighted by Crippen LogP contribution is -1.89. The summed E-state index contributed by atoms with van der Waals surface area (Å²) in [5.74, 6) is 0.395. The summed E-state index contributed by atoms with van der Waals surface area (Å²) in [6.45, 7) is 0. The number of benzene rings is 2. The molecule has 0 fully saturated rings. The van der Waals surface area contributed by atoms with Crippen LogP contribution in [0.5, 0.6) is 11.5 Å². The number of para-hydroxylation sites is 2. The highest BCUT2D eigenvalue weighted by Crippen LogP contribution is 2.16. The minimum atomic E-state index is -4.67. The molecule has 0 bridgehead atoms. The zero-order valence-electron chi connectivity index (χ0n) is 12.2. The van der Waals surface area contributed by atoms with Crippen molar-refractivity contribution in [3.63, 3.8) is 0 Å². The normalized spacial score (nSPS) is 8.78. The second-order valence-electron chi connectivity index (χ2n) is 3.60. The second kappa shape index (κ2) is 12.0. The minimum absolute atomic E-state index is 0. The number of nitrogens with two attached hydrogens (primary N) is 2. The van der Waals surface area contributed by atoms with Gasteiger partial charge in [-0.15, -0.1) is 0 Å². The maximum Gasteiger partial charge on any atom is 0.394 e. The Labute approximate surface area is 134 Å². The van der Waals surface area contributed by atoms with Crippen molar-refractivity contribution in [3.05, 3.63) is 48.5 Å². The Morgan fingerprint density at radius 3 is 1.43 bits per heavy atom. The van der Waals surface area contributed by atoms with Crippen molar-refractivity contribution in [3.8, 4) is 11.5 Å². The van der Waals surface area contributed by atoms with Gasteiger partial charge in [-0.05, 0) is 36.4 Å². The van der Waals surface area contributed by atoms with E-state index in [4.69, 9.17) is 39.2 Å². The molecule has 0 atom stereocenters.